The molecule has 4 rings (SSSR count). The van der Waals surface area contributed by atoms with E-state index >= 15 is 0 Å². The highest BCUT2D eigenvalue weighted by Gasteiger charge is 2.05. The average Bonchev–Trinajstić information content (AvgIpc) is 2.90. The zero-order valence-electron chi connectivity index (χ0n) is 10.2. The lowest BCUT2D eigenvalue weighted by Crippen LogP contribution is -1.84. The summed E-state index contributed by atoms with van der Waals surface area (Å²) in [6, 6.07) is 18.2. The highest BCUT2D eigenvalue weighted by molar-refractivity contribution is 5.85. The topological polar surface area (TPSA) is 41.6 Å². The summed E-state index contributed by atoms with van der Waals surface area (Å²) in [7, 11) is 0. The van der Waals surface area contributed by atoms with Crippen molar-refractivity contribution in [2.24, 2.45) is 0 Å². The SMILES string of the molecule is c1ccc2nc(-c3cc4ncccc4[nH]3)ccc2c1. The summed E-state index contributed by atoms with van der Waals surface area (Å²) in [5, 5.41) is 1.15. The van der Waals surface area contributed by atoms with E-state index in [-0.39, 0.29) is 0 Å². The molecular weight excluding hydrogens is 234 g/mol. The summed E-state index contributed by atoms with van der Waals surface area (Å²) < 4.78 is 0. The molecule has 0 radical (unpaired) electrons. The fourth-order valence-corrected chi connectivity index (χ4v) is 2.31. The minimum absolute atomic E-state index is 0.941. The quantitative estimate of drug-likeness (QED) is 0.554. The van der Waals surface area contributed by atoms with Gasteiger partial charge in [0.1, 0.15) is 0 Å². The van der Waals surface area contributed by atoms with Crippen LogP contribution in [0.1, 0.15) is 0 Å². The summed E-state index contributed by atoms with van der Waals surface area (Å²) >= 11 is 0. The molecule has 0 saturated carbocycles. The Kier molecular flexibility index (Phi) is 2.12. The number of H-pyrrole nitrogens is 1. The molecule has 0 aliphatic carbocycles. The van der Waals surface area contributed by atoms with E-state index in [4.69, 9.17) is 0 Å². The number of para-hydroxylation sites is 1. The van der Waals surface area contributed by atoms with E-state index in [1.807, 2.05) is 42.5 Å². The van der Waals surface area contributed by atoms with Gasteiger partial charge in [-0.05, 0) is 30.3 Å². The molecule has 0 aliphatic rings. The number of hydrogen-bond acceptors (Lipinski definition) is 2. The Balaban J connectivity index is 1.93. The molecule has 0 atom stereocenters. The predicted molar refractivity (Wildman–Crippen MR) is 76.8 cm³/mol. The standard InChI is InChI=1S/C16H11N3/c1-2-5-12-11(4-1)7-8-14(18-12)16-10-15-13(19-16)6-3-9-17-15/h1-10,19H. The van der Waals surface area contributed by atoms with Crippen LogP contribution in [0.4, 0.5) is 0 Å². The first kappa shape index (κ1) is 10.3. The minimum atomic E-state index is 0.941. The van der Waals surface area contributed by atoms with Gasteiger partial charge in [0.2, 0.25) is 0 Å². The molecular formula is C16H11N3. The number of aromatic nitrogens is 3. The largest absolute Gasteiger partial charge is 0.352 e. The van der Waals surface area contributed by atoms with Gasteiger partial charge in [-0.15, -0.1) is 0 Å². The monoisotopic (exact) mass is 245 g/mol. The average molecular weight is 245 g/mol. The summed E-state index contributed by atoms with van der Waals surface area (Å²) in [6.07, 6.45) is 1.80. The molecule has 0 aliphatic heterocycles. The Hall–Kier alpha value is -2.68. The van der Waals surface area contributed by atoms with Crippen molar-refractivity contribution >= 4 is 21.9 Å². The van der Waals surface area contributed by atoms with Crippen molar-refractivity contribution in [1.82, 2.24) is 15.0 Å². The van der Waals surface area contributed by atoms with Crippen LogP contribution in [-0.2, 0) is 0 Å². The van der Waals surface area contributed by atoms with Crippen molar-refractivity contribution in [3.63, 3.8) is 0 Å². The van der Waals surface area contributed by atoms with E-state index in [9.17, 15) is 0 Å². The van der Waals surface area contributed by atoms with E-state index in [1.165, 1.54) is 0 Å². The van der Waals surface area contributed by atoms with Crippen LogP contribution >= 0.6 is 0 Å². The Labute approximate surface area is 110 Å². The Morgan fingerprint density at radius 2 is 1.79 bits per heavy atom. The minimum Gasteiger partial charge on any atom is -0.352 e. The van der Waals surface area contributed by atoms with Gasteiger partial charge in [-0.1, -0.05) is 24.3 Å². The van der Waals surface area contributed by atoms with E-state index in [1.54, 1.807) is 6.20 Å². The first-order valence-corrected chi connectivity index (χ1v) is 6.20. The maximum Gasteiger partial charge on any atom is 0.0885 e. The number of nitrogens with one attached hydrogen (secondary N) is 1. The van der Waals surface area contributed by atoms with Crippen molar-refractivity contribution < 1.29 is 0 Å². The third-order valence-corrected chi connectivity index (χ3v) is 3.26. The molecule has 3 heterocycles. The smallest absolute Gasteiger partial charge is 0.0885 e. The third-order valence-electron chi connectivity index (χ3n) is 3.26. The van der Waals surface area contributed by atoms with Gasteiger partial charge < -0.3 is 4.98 Å². The molecule has 90 valence electrons. The van der Waals surface area contributed by atoms with E-state index in [0.717, 1.165) is 33.3 Å². The summed E-state index contributed by atoms with van der Waals surface area (Å²) in [4.78, 5) is 12.4. The molecule has 3 aromatic heterocycles. The highest BCUT2D eigenvalue weighted by atomic mass is 14.8. The Morgan fingerprint density at radius 1 is 0.842 bits per heavy atom. The van der Waals surface area contributed by atoms with Gasteiger partial charge in [0.05, 0.1) is 27.9 Å². The number of rotatable bonds is 1. The van der Waals surface area contributed by atoms with Crippen LogP contribution in [0.2, 0.25) is 0 Å². The number of aromatic amines is 1. The van der Waals surface area contributed by atoms with Gasteiger partial charge in [0.25, 0.3) is 0 Å². The fraction of sp³-hybridized carbons (Fsp3) is 0. The van der Waals surface area contributed by atoms with E-state index in [2.05, 4.69) is 27.1 Å². The van der Waals surface area contributed by atoms with Crippen molar-refractivity contribution in [1.29, 1.82) is 0 Å². The first-order valence-electron chi connectivity index (χ1n) is 6.20. The second kappa shape index (κ2) is 3.92. The second-order valence-corrected chi connectivity index (χ2v) is 4.51. The molecule has 0 bridgehead atoms. The van der Waals surface area contributed by atoms with Gasteiger partial charge in [-0.2, -0.15) is 0 Å². The number of pyridine rings is 2. The predicted octanol–water partition coefficient (Wildman–Crippen LogP) is 3.78. The fourth-order valence-electron chi connectivity index (χ4n) is 2.31. The molecule has 0 spiro atoms. The van der Waals surface area contributed by atoms with Crippen LogP contribution < -0.4 is 0 Å². The summed E-state index contributed by atoms with van der Waals surface area (Å²) in [5.74, 6) is 0. The van der Waals surface area contributed by atoms with Crippen molar-refractivity contribution in [2.45, 2.75) is 0 Å². The van der Waals surface area contributed by atoms with Gasteiger partial charge in [0.15, 0.2) is 0 Å². The van der Waals surface area contributed by atoms with Gasteiger partial charge in [-0.3, -0.25) is 4.98 Å². The van der Waals surface area contributed by atoms with Crippen molar-refractivity contribution in [2.75, 3.05) is 0 Å². The zero-order chi connectivity index (χ0) is 12.7. The normalized spacial score (nSPS) is 11.2. The van der Waals surface area contributed by atoms with Crippen LogP contribution in [0.15, 0.2) is 60.8 Å². The molecule has 19 heavy (non-hydrogen) atoms. The second-order valence-electron chi connectivity index (χ2n) is 4.51. The van der Waals surface area contributed by atoms with Gasteiger partial charge in [-0.25, -0.2) is 4.98 Å². The van der Waals surface area contributed by atoms with Gasteiger partial charge in [0, 0.05) is 11.6 Å². The van der Waals surface area contributed by atoms with E-state index < -0.39 is 0 Å². The maximum atomic E-state index is 4.68. The molecule has 1 N–H and O–H groups in total. The molecule has 0 saturated heterocycles. The van der Waals surface area contributed by atoms with Gasteiger partial charge >= 0.3 is 0 Å². The van der Waals surface area contributed by atoms with Crippen LogP contribution in [0.25, 0.3) is 33.3 Å². The number of benzene rings is 1. The summed E-state index contributed by atoms with van der Waals surface area (Å²) in [5.41, 5.74) is 4.95. The molecule has 0 unspecified atom stereocenters. The van der Waals surface area contributed by atoms with Crippen LogP contribution in [0.5, 0.6) is 0 Å². The molecule has 3 heteroatoms. The molecule has 4 aromatic rings. The van der Waals surface area contributed by atoms with Crippen LogP contribution in [-0.4, -0.2) is 15.0 Å². The molecule has 0 fully saturated rings. The Morgan fingerprint density at radius 3 is 2.74 bits per heavy atom. The molecule has 0 amide bonds. The zero-order valence-corrected chi connectivity index (χ0v) is 10.2. The number of fused-ring (bicyclic) bond motifs is 2. The van der Waals surface area contributed by atoms with Crippen LogP contribution in [0, 0.1) is 0 Å². The lowest BCUT2D eigenvalue weighted by atomic mass is 10.2. The maximum absolute atomic E-state index is 4.68. The summed E-state index contributed by atoms with van der Waals surface area (Å²) in [6.45, 7) is 0. The molecule has 3 nitrogen and oxygen atoms in total. The Bertz CT molecular complexity index is 844. The lowest BCUT2D eigenvalue weighted by molar-refractivity contribution is 1.34. The van der Waals surface area contributed by atoms with Crippen LogP contribution in [0.3, 0.4) is 0 Å². The lowest BCUT2D eigenvalue weighted by Gasteiger charge is -2.00. The number of hydrogen-bond donors (Lipinski definition) is 1. The van der Waals surface area contributed by atoms with Crippen molar-refractivity contribution in [3.05, 3.63) is 60.8 Å². The van der Waals surface area contributed by atoms with E-state index in [0.29, 0.717) is 0 Å². The third kappa shape index (κ3) is 1.67. The first-order chi connectivity index (χ1) is 9.40. The number of nitrogens with zero attached hydrogens (tertiary/aromatic N) is 2. The highest BCUT2D eigenvalue weighted by Crippen LogP contribution is 2.23. The van der Waals surface area contributed by atoms with Crippen molar-refractivity contribution in [3.8, 4) is 11.4 Å². The molecule has 1 aromatic carbocycles.